The third kappa shape index (κ3) is 0.951. The van der Waals surface area contributed by atoms with E-state index >= 15 is 0 Å². The molecule has 3 nitrogen and oxygen atoms in total. The lowest BCUT2D eigenvalue weighted by Gasteiger charge is -2.18. The van der Waals surface area contributed by atoms with E-state index < -0.39 is 49.3 Å². The van der Waals surface area contributed by atoms with E-state index in [9.17, 15) is 9.59 Å². The Kier molecular flexibility index (Phi) is 0.489. The zero-order valence-corrected chi connectivity index (χ0v) is 5.38. The van der Waals surface area contributed by atoms with E-state index in [1.54, 1.807) is 0 Å². The summed E-state index contributed by atoms with van der Waals surface area (Å²) >= 11 is 0. The van der Waals surface area contributed by atoms with E-state index in [0.717, 1.165) is 0 Å². The Bertz CT molecular complexity index is 429. The van der Waals surface area contributed by atoms with Gasteiger partial charge < -0.3 is 4.74 Å². The third-order valence-electron chi connectivity index (χ3n) is 1.56. The summed E-state index contributed by atoms with van der Waals surface area (Å²) in [6.45, 7) is 0. The Hall–Kier alpha value is -0.860. The fraction of sp³-hybridized carbons (Fsp3) is 0.750. The van der Waals surface area contributed by atoms with Gasteiger partial charge in [0.05, 0.1) is 11.8 Å². The first-order chi connectivity index (χ1) is 8.30. The molecule has 0 aromatic rings. The van der Waals surface area contributed by atoms with Crippen molar-refractivity contribution in [1.82, 2.24) is 0 Å². The molecule has 2 aliphatic rings. The Morgan fingerprint density at radius 1 is 1.18 bits per heavy atom. The molecule has 1 aliphatic heterocycles. The number of carbonyl (C=O) groups excluding carboxylic acids is 2. The number of carbonyl (C=O) groups is 2. The molecular formula is C8H10O3. The van der Waals surface area contributed by atoms with Gasteiger partial charge in [-0.1, -0.05) is 12.7 Å². The van der Waals surface area contributed by atoms with Crippen molar-refractivity contribution >= 4 is 11.9 Å². The van der Waals surface area contributed by atoms with Crippen molar-refractivity contribution in [3.63, 3.8) is 0 Å². The van der Waals surface area contributed by atoms with Crippen LogP contribution in [0.15, 0.2) is 0 Å². The molecular weight excluding hydrogens is 144 g/mol. The van der Waals surface area contributed by atoms with Crippen LogP contribution in [-0.4, -0.2) is 11.9 Å². The molecule has 3 heteroatoms. The fourth-order valence-corrected chi connectivity index (χ4v) is 1.01. The Labute approximate surface area is 76.0 Å². The van der Waals surface area contributed by atoms with Crippen LogP contribution in [0.1, 0.15) is 36.5 Å². The molecule has 1 aliphatic carbocycles. The highest BCUT2D eigenvalue weighted by atomic mass is 16.6. The number of esters is 2. The number of hydrogen-bond donors (Lipinski definition) is 0. The maximum Gasteiger partial charge on any atom is 0.317 e. The van der Waals surface area contributed by atoms with Gasteiger partial charge >= 0.3 is 11.9 Å². The van der Waals surface area contributed by atoms with E-state index in [-0.39, 0.29) is 0 Å². The van der Waals surface area contributed by atoms with Gasteiger partial charge in [0.1, 0.15) is 0 Å². The predicted molar refractivity (Wildman–Crippen MR) is 36.5 cm³/mol. The molecule has 2 rings (SSSR count). The lowest BCUT2D eigenvalue weighted by Crippen LogP contribution is -2.21. The van der Waals surface area contributed by atoms with Crippen LogP contribution in [0.3, 0.4) is 0 Å². The standard InChI is InChI=1S/C8H10O3/c9-7-5-3-1-2-4-6(5)8(10)11-7/h5-6H,1-4H2/i1D2,2D2,3D2,4D2. The molecule has 0 spiro atoms. The summed E-state index contributed by atoms with van der Waals surface area (Å²) in [5.41, 5.74) is 0. The van der Waals surface area contributed by atoms with Crippen molar-refractivity contribution < 1.29 is 25.3 Å². The molecule has 2 unspecified atom stereocenters. The Balaban J connectivity index is 2.72. The van der Waals surface area contributed by atoms with E-state index in [1.807, 2.05) is 0 Å². The normalized spacial score (nSPS) is 65.8. The van der Waals surface area contributed by atoms with Gasteiger partial charge in [-0.15, -0.1) is 0 Å². The van der Waals surface area contributed by atoms with Gasteiger partial charge in [-0.3, -0.25) is 9.59 Å². The van der Waals surface area contributed by atoms with Crippen molar-refractivity contribution in [3.05, 3.63) is 0 Å². The highest BCUT2D eigenvalue weighted by Crippen LogP contribution is 2.36. The second-order valence-corrected chi connectivity index (χ2v) is 2.23. The largest absolute Gasteiger partial charge is 0.393 e. The fourth-order valence-electron chi connectivity index (χ4n) is 1.01. The highest BCUT2D eigenvalue weighted by Gasteiger charge is 2.44. The minimum atomic E-state index is -3.30. The monoisotopic (exact) mass is 162 g/mol. The van der Waals surface area contributed by atoms with Gasteiger partial charge in [0.15, 0.2) is 0 Å². The highest BCUT2D eigenvalue weighted by molar-refractivity contribution is 5.96. The molecule has 2 fully saturated rings. The number of cyclic esters (lactones) is 2. The van der Waals surface area contributed by atoms with E-state index in [4.69, 9.17) is 11.0 Å². The minimum Gasteiger partial charge on any atom is -0.393 e. The number of hydrogen-bond acceptors (Lipinski definition) is 3. The molecule has 0 amide bonds. The summed E-state index contributed by atoms with van der Waals surface area (Å²) in [5.74, 6) is -6.70. The SMILES string of the molecule is [2H]C1([2H])C2C(=O)OC(=O)C2C([2H])([2H])C([2H])([2H])C1([2H])[2H]. The minimum absolute atomic E-state index is 1.36. The quantitative estimate of drug-likeness (QED) is 0.392. The maximum absolute atomic E-state index is 11.5. The number of fused-ring (bicyclic) bond motifs is 1. The van der Waals surface area contributed by atoms with Crippen LogP contribution in [0.5, 0.6) is 0 Å². The first-order valence-electron chi connectivity index (χ1n) is 7.05. The summed E-state index contributed by atoms with van der Waals surface area (Å²) in [6, 6.07) is 0. The molecule has 0 N–H and O–H groups in total. The summed E-state index contributed by atoms with van der Waals surface area (Å²) in [4.78, 5) is 23.0. The topological polar surface area (TPSA) is 43.4 Å². The van der Waals surface area contributed by atoms with Gasteiger partial charge in [0, 0.05) is 11.0 Å². The second-order valence-electron chi connectivity index (χ2n) is 2.23. The molecule has 11 heavy (non-hydrogen) atoms. The van der Waals surface area contributed by atoms with Crippen LogP contribution in [0.2, 0.25) is 0 Å². The van der Waals surface area contributed by atoms with Crippen molar-refractivity contribution in [2.45, 2.75) is 25.5 Å². The van der Waals surface area contributed by atoms with Gasteiger partial charge in [-0.25, -0.2) is 0 Å². The van der Waals surface area contributed by atoms with Crippen molar-refractivity contribution in [3.8, 4) is 0 Å². The van der Waals surface area contributed by atoms with Crippen LogP contribution in [-0.2, 0) is 14.3 Å². The number of rotatable bonds is 0. The summed E-state index contributed by atoms with van der Waals surface area (Å²) in [5, 5.41) is 0. The lowest BCUT2D eigenvalue weighted by molar-refractivity contribution is -0.153. The van der Waals surface area contributed by atoms with Crippen molar-refractivity contribution in [2.75, 3.05) is 0 Å². The first-order valence-corrected chi connectivity index (χ1v) is 3.05. The molecule has 60 valence electrons. The van der Waals surface area contributed by atoms with Crippen LogP contribution >= 0.6 is 0 Å². The van der Waals surface area contributed by atoms with E-state index in [1.165, 1.54) is 0 Å². The summed E-state index contributed by atoms with van der Waals surface area (Å²) < 4.78 is 64.9. The maximum atomic E-state index is 11.5. The smallest absolute Gasteiger partial charge is 0.317 e. The summed E-state index contributed by atoms with van der Waals surface area (Å²) in [6.07, 6.45) is -12.7. The van der Waals surface area contributed by atoms with Crippen LogP contribution in [0.4, 0.5) is 0 Å². The van der Waals surface area contributed by atoms with Gasteiger partial charge in [-0.05, 0) is 12.7 Å². The average molecular weight is 162 g/mol. The molecule has 1 saturated carbocycles. The van der Waals surface area contributed by atoms with E-state index in [0.29, 0.717) is 0 Å². The van der Waals surface area contributed by atoms with Gasteiger partial charge in [0.25, 0.3) is 0 Å². The Morgan fingerprint density at radius 3 is 2.09 bits per heavy atom. The second kappa shape index (κ2) is 2.32. The summed E-state index contributed by atoms with van der Waals surface area (Å²) in [7, 11) is 0. The molecule has 0 aromatic carbocycles. The van der Waals surface area contributed by atoms with Crippen molar-refractivity contribution in [1.29, 1.82) is 0 Å². The molecule has 0 radical (unpaired) electrons. The third-order valence-corrected chi connectivity index (χ3v) is 1.56. The van der Waals surface area contributed by atoms with E-state index in [2.05, 4.69) is 4.74 Å². The Morgan fingerprint density at radius 2 is 1.64 bits per heavy atom. The molecule has 1 heterocycles. The van der Waals surface area contributed by atoms with Crippen LogP contribution in [0.25, 0.3) is 0 Å². The van der Waals surface area contributed by atoms with Crippen LogP contribution < -0.4 is 0 Å². The van der Waals surface area contributed by atoms with Crippen molar-refractivity contribution in [2.24, 2.45) is 11.8 Å². The molecule has 1 saturated heterocycles. The first kappa shape index (κ1) is 2.31. The zero-order valence-electron chi connectivity index (χ0n) is 13.4. The lowest BCUT2D eigenvalue weighted by atomic mass is 9.81. The predicted octanol–water partition coefficient (Wildman–Crippen LogP) is 0.876. The molecule has 0 aromatic heterocycles. The molecule has 0 bridgehead atoms. The molecule has 2 atom stereocenters. The van der Waals surface area contributed by atoms with Gasteiger partial charge in [-0.2, -0.15) is 0 Å². The zero-order chi connectivity index (χ0) is 15.0. The van der Waals surface area contributed by atoms with Gasteiger partial charge in [0.2, 0.25) is 0 Å². The number of ether oxygens (including phenoxy) is 1. The average Bonchev–Trinajstić information content (AvgIpc) is 2.52. The van der Waals surface area contributed by atoms with Crippen LogP contribution in [0, 0.1) is 11.8 Å².